The van der Waals surface area contributed by atoms with Crippen LogP contribution in [0.3, 0.4) is 0 Å². The van der Waals surface area contributed by atoms with Crippen molar-refractivity contribution >= 4 is 24.4 Å². The molecule has 20 heavy (non-hydrogen) atoms. The summed E-state index contributed by atoms with van der Waals surface area (Å²) in [6.45, 7) is 7.80. The smallest absolute Gasteiger partial charge is 0.231 e. The van der Waals surface area contributed by atoms with Crippen molar-refractivity contribution in [3.63, 3.8) is 0 Å². The minimum atomic E-state index is -1.02. The van der Waals surface area contributed by atoms with Crippen LogP contribution in [0.4, 0.5) is 4.39 Å². The highest BCUT2D eigenvalue weighted by atomic mass is 19.1. The van der Waals surface area contributed by atoms with E-state index < -0.39 is 12.1 Å². The van der Waals surface area contributed by atoms with Crippen LogP contribution in [0.5, 0.6) is 0 Å². The number of nitrogens with one attached hydrogen (secondary N) is 1. The number of amides is 1. The van der Waals surface area contributed by atoms with Crippen LogP contribution in [0.25, 0.3) is 12.7 Å². The molecule has 0 radical (unpaired) electrons. The molecule has 1 saturated carbocycles. The lowest BCUT2D eigenvalue weighted by Gasteiger charge is -2.04. The monoisotopic (exact) mass is 277 g/mol. The first-order valence-corrected chi connectivity index (χ1v) is 6.49. The molecule has 1 aliphatic rings. The zero-order chi connectivity index (χ0) is 14.9. The van der Waals surface area contributed by atoms with E-state index >= 15 is 0 Å². The third-order valence-electron chi connectivity index (χ3n) is 3.39. The van der Waals surface area contributed by atoms with Gasteiger partial charge in [0.2, 0.25) is 5.91 Å². The van der Waals surface area contributed by atoms with Gasteiger partial charge in [-0.25, -0.2) is 4.39 Å². The second-order valence-corrected chi connectivity index (χ2v) is 5.04. The number of halogens is 1. The van der Waals surface area contributed by atoms with Gasteiger partial charge < -0.3 is 5.32 Å². The van der Waals surface area contributed by atoms with Crippen molar-refractivity contribution in [2.75, 3.05) is 7.05 Å². The number of nitrogens with zero attached hydrogens (tertiary/aromatic N) is 2. The third kappa shape index (κ3) is 3.10. The first kappa shape index (κ1) is 14.4. The summed E-state index contributed by atoms with van der Waals surface area (Å²) < 4.78 is 12.8. The maximum Gasteiger partial charge on any atom is 0.231 e. The Morgan fingerprint density at radius 1 is 1.65 bits per heavy atom. The number of aliphatic imine (C=N–C) groups is 1. The molecule has 4 nitrogen and oxygen atoms in total. The van der Waals surface area contributed by atoms with Gasteiger partial charge in [0.15, 0.2) is 0 Å². The van der Waals surface area contributed by atoms with Crippen molar-refractivity contribution < 1.29 is 10.6 Å². The Labute approximate surface area is 118 Å². The number of alkyl halides is 1. The number of pyridine rings is 1. The average Bonchev–Trinajstić information content (AvgIpc) is 3.12. The Bertz CT molecular complexity index is 687. The number of hydrogen-bond donors (Lipinski definition) is 1. The molecule has 0 aliphatic heterocycles. The quantitative estimate of drug-likeness (QED) is 0.637. The Balaban J connectivity index is 0.00000220. The van der Waals surface area contributed by atoms with Crippen LogP contribution >= 0.6 is 0 Å². The van der Waals surface area contributed by atoms with Crippen LogP contribution in [-0.4, -0.2) is 29.9 Å². The normalized spacial score (nSPS) is 22.8. The van der Waals surface area contributed by atoms with E-state index in [1.165, 1.54) is 0 Å². The van der Waals surface area contributed by atoms with Crippen molar-refractivity contribution in [3.05, 3.63) is 27.9 Å². The molecular formula is C15H20FN3O. The number of rotatable bonds is 2. The van der Waals surface area contributed by atoms with Gasteiger partial charge in [0.05, 0.1) is 11.3 Å². The second-order valence-electron chi connectivity index (χ2n) is 5.04. The molecule has 5 heteroatoms. The summed E-state index contributed by atoms with van der Waals surface area (Å²) in [5.74, 6) is -0.495. The highest BCUT2D eigenvalue weighted by molar-refractivity contribution is 6.15. The van der Waals surface area contributed by atoms with Crippen molar-refractivity contribution in [1.82, 2.24) is 10.3 Å². The van der Waals surface area contributed by atoms with E-state index in [2.05, 4.69) is 21.9 Å². The van der Waals surface area contributed by atoms with Crippen LogP contribution < -0.4 is 15.9 Å². The molecule has 0 spiro atoms. The Kier molecular flexibility index (Phi) is 3.97. The fourth-order valence-electron chi connectivity index (χ4n) is 1.85. The van der Waals surface area contributed by atoms with Crippen LogP contribution in [-0.2, 0) is 4.79 Å². The second kappa shape index (κ2) is 5.53. The molecule has 0 bridgehead atoms. The molecule has 1 fully saturated rings. The van der Waals surface area contributed by atoms with Crippen molar-refractivity contribution in [1.29, 1.82) is 0 Å². The lowest BCUT2D eigenvalue weighted by atomic mass is 10.2. The van der Waals surface area contributed by atoms with E-state index in [4.69, 9.17) is 0 Å². The number of hydrogen-bond acceptors (Lipinski definition) is 3. The molecule has 1 aliphatic carbocycles. The molecule has 1 heterocycles. The molecule has 1 aromatic rings. The average molecular weight is 277 g/mol. The molecule has 1 N–H and O–H groups in total. The molecule has 0 saturated heterocycles. The van der Waals surface area contributed by atoms with Gasteiger partial charge in [0.1, 0.15) is 12.0 Å². The SMILES string of the molecule is C=c1cc(C)c(C)n/c1=C/C(=NC)NC(=O)[C@H]1C[C@H]1F.[HH]. The Hall–Kier alpha value is -2.04. The summed E-state index contributed by atoms with van der Waals surface area (Å²) >= 11 is 0. The molecule has 1 aromatic heterocycles. The van der Waals surface area contributed by atoms with Gasteiger partial charge in [-0.15, -0.1) is 0 Å². The fraction of sp³-hybridized carbons (Fsp3) is 0.400. The standard InChI is InChI=1S/C15H18FN3O.H2/c1-8-5-9(2)13(18-10(8)3)7-14(17-4)19-15(20)11-6-12(11)16;/h5,7,11-12H,2,6H2,1,3-4H3,(H,17,19,20);1H/b13-7+;/t11-,12+;/m0./s1. The molecule has 1 amide bonds. The molecule has 0 unspecified atom stereocenters. The summed E-state index contributed by atoms with van der Waals surface area (Å²) in [5.41, 5.74) is 1.96. The fourth-order valence-corrected chi connectivity index (χ4v) is 1.85. The van der Waals surface area contributed by atoms with E-state index in [1.807, 2.05) is 19.9 Å². The van der Waals surface area contributed by atoms with E-state index in [0.717, 1.165) is 16.5 Å². The van der Waals surface area contributed by atoms with Gasteiger partial charge >= 0.3 is 0 Å². The molecular weight excluding hydrogens is 257 g/mol. The summed E-state index contributed by atoms with van der Waals surface area (Å²) in [5, 5.41) is 4.03. The topological polar surface area (TPSA) is 54.4 Å². The number of amidine groups is 1. The van der Waals surface area contributed by atoms with Gasteiger partial charge in [-0.3, -0.25) is 14.8 Å². The van der Waals surface area contributed by atoms with E-state index in [9.17, 15) is 9.18 Å². The van der Waals surface area contributed by atoms with Crippen molar-refractivity contribution in [3.8, 4) is 0 Å². The maximum absolute atomic E-state index is 12.8. The lowest BCUT2D eigenvalue weighted by molar-refractivity contribution is -0.121. The summed E-state index contributed by atoms with van der Waals surface area (Å²) in [6.07, 6.45) is 0.935. The van der Waals surface area contributed by atoms with E-state index in [-0.39, 0.29) is 7.33 Å². The third-order valence-corrected chi connectivity index (χ3v) is 3.39. The zero-order valence-corrected chi connectivity index (χ0v) is 11.9. The zero-order valence-electron chi connectivity index (χ0n) is 11.9. The van der Waals surface area contributed by atoms with Gasteiger partial charge in [-0.1, -0.05) is 6.58 Å². The van der Waals surface area contributed by atoms with E-state index in [0.29, 0.717) is 17.6 Å². The van der Waals surface area contributed by atoms with E-state index in [1.54, 1.807) is 13.1 Å². The molecule has 2 rings (SSSR count). The Morgan fingerprint density at radius 3 is 2.85 bits per heavy atom. The van der Waals surface area contributed by atoms with Crippen LogP contribution in [0, 0.1) is 19.8 Å². The summed E-state index contributed by atoms with van der Waals surface area (Å²) in [7, 11) is 1.57. The van der Waals surface area contributed by atoms with Crippen LogP contribution in [0.2, 0.25) is 0 Å². The van der Waals surface area contributed by atoms with Crippen LogP contribution in [0.15, 0.2) is 11.1 Å². The lowest BCUT2D eigenvalue weighted by Crippen LogP contribution is -2.36. The van der Waals surface area contributed by atoms with Crippen molar-refractivity contribution in [2.45, 2.75) is 26.4 Å². The molecule has 2 atom stereocenters. The first-order chi connectivity index (χ1) is 9.42. The van der Waals surface area contributed by atoms with Crippen LogP contribution in [0.1, 0.15) is 19.1 Å². The van der Waals surface area contributed by atoms with Gasteiger partial charge in [0.25, 0.3) is 0 Å². The number of carbonyl (C=O) groups excluding carboxylic acids is 1. The summed E-state index contributed by atoms with van der Waals surface area (Å²) in [6, 6.07) is 1.93. The summed E-state index contributed by atoms with van der Waals surface area (Å²) in [4.78, 5) is 20.1. The number of aromatic nitrogens is 1. The van der Waals surface area contributed by atoms with Gasteiger partial charge in [-0.05, 0) is 37.1 Å². The highest BCUT2D eigenvalue weighted by Crippen LogP contribution is 2.33. The van der Waals surface area contributed by atoms with Crippen molar-refractivity contribution in [2.24, 2.45) is 10.9 Å². The highest BCUT2D eigenvalue weighted by Gasteiger charge is 2.43. The predicted molar refractivity (Wildman–Crippen MR) is 79.6 cm³/mol. The Morgan fingerprint density at radius 2 is 2.30 bits per heavy atom. The first-order valence-electron chi connectivity index (χ1n) is 6.49. The molecule has 108 valence electrons. The predicted octanol–water partition coefficient (Wildman–Crippen LogP) is 0.638. The van der Waals surface area contributed by atoms with Gasteiger partial charge in [0, 0.05) is 20.2 Å². The largest absolute Gasteiger partial charge is 0.311 e. The molecule has 0 aromatic carbocycles. The minimum Gasteiger partial charge on any atom is -0.311 e. The number of aryl methyl sites for hydroxylation is 2. The minimum absolute atomic E-state index is 0. The van der Waals surface area contributed by atoms with Gasteiger partial charge in [-0.2, -0.15) is 0 Å². The maximum atomic E-state index is 12.8. The number of carbonyl (C=O) groups is 1.